The van der Waals surface area contributed by atoms with Crippen LogP contribution in [-0.2, 0) is 4.79 Å². The summed E-state index contributed by atoms with van der Waals surface area (Å²) in [7, 11) is 0. The van der Waals surface area contributed by atoms with Gasteiger partial charge in [-0.05, 0) is 49.4 Å². The number of carbonyl (C=O) groups is 2. The van der Waals surface area contributed by atoms with Crippen LogP contribution < -0.4 is 10.6 Å². The topological polar surface area (TPSA) is 58.2 Å². The smallest absolute Gasteiger partial charge is 0.251 e. The van der Waals surface area contributed by atoms with Gasteiger partial charge in [0.15, 0.2) is 0 Å². The van der Waals surface area contributed by atoms with Gasteiger partial charge in [0, 0.05) is 20.7 Å². The van der Waals surface area contributed by atoms with Crippen LogP contribution >= 0.6 is 27.5 Å². The minimum atomic E-state index is -0.665. The predicted molar refractivity (Wildman–Crippen MR) is 91.2 cm³/mol. The van der Waals surface area contributed by atoms with Gasteiger partial charge in [-0.1, -0.05) is 33.6 Å². The Labute approximate surface area is 142 Å². The van der Waals surface area contributed by atoms with Gasteiger partial charge in [-0.2, -0.15) is 0 Å². The molecule has 114 valence electrons. The quantitative estimate of drug-likeness (QED) is 0.845. The molecule has 2 aromatic carbocycles. The Hall–Kier alpha value is -1.85. The summed E-state index contributed by atoms with van der Waals surface area (Å²) in [6, 6.07) is 13.0. The van der Waals surface area contributed by atoms with Crippen LogP contribution in [-0.4, -0.2) is 17.9 Å². The third-order valence-electron chi connectivity index (χ3n) is 2.94. The third-order valence-corrected chi connectivity index (χ3v) is 3.68. The highest BCUT2D eigenvalue weighted by Crippen LogP contribution is 2.16. The highest BCUT2D eigenvalue weighted by molar-refractivity contribution is 9.10. The molecule has 1 unspecified atom stereocenters. The molecule has 6 heteroatoms. The molecule has 0 fully saturated rings. The van der Waals surface area contributed by atoms with E-state index in [1.165, 1.54) is 0 Å². The lowest BCUT2D eigenvalue weighted by Crippen LogP contribution is -2.41. The van der Waals surface area contributed by atoms with Gasteiger partial charge in [0.1, 0.15) is 6.04 Å². The van der Waals surface area contributed by atoms with Crippen molar-refractivity contribution >= 4 is 45.0 Å². The first-order valence-electron chi connectivity index (χ1n) is 6.58. The van der Waals surface area contributed by atoms with Crippen molar-refractivity contribution in [3.05, 3.63) is 63.6 Å². The number of anilines is 1. The normalized spacial score (nSPS) is 11.6. The summed E-state index contributed by atoms with van der Waals surface area (Å²) in [6.45, 7) is 1.63. The van der Waals surface area contributed by atoms with Crippen molar-refractivity contribution in [2.24, 2.45) is 0 Å². The summed E-state index contributed by atoms with van der Waals surface area (Å²) < 4.78 is 0.864. The Kier molecular flexibility index (Phi) is 5.57. The van der Waals surface area contributed by atoms with Gasteiger partial charge in [0.05, 0.1) is 0 Å². The van der Waals surface area contributed by atoms with Crippen molar-refractivity contribution in [3.63, 3.8) is 0 Å². The van der Waals surface area contributed by atoms with Gasteiger partial charge in [-0.3, -0.25) is 9.59 Å². The summed E-state index contributed by atoms with van der Waals surface area (Å²) in [5.41, 5.74) is 1.11. The number of hydrogen-bond donors (Lipinski definition) is 2. The number of carbonyl (C=O) groups excluding carboxylic acids is 2. The largest absolute Gasteiger partial charge is 0.341 e. The molecular formula is C16H14BrClN2O2. The molecule has 0 heterocycles. The lowest BCUT2D eigenvalue weighted by Gasteiger charge is -2.14. The minimum absolute atomic E-state index is 0.291. The second-order valence-corrected chi connectivity index (χ2v) is 6.05. The molecule has 0 saturated carbocycles. The van der Waals surface area contributed by atoms with Gasteiger partial charge in [0.25, 0.3) is 5.91 Å². The van der Waals surface area contributed by atoms with Crippen LogP contribution in [0.25, 0.3) is 0 Å². The zero-order valence-corrected chi connectivity index (χ0v) is 14.1. The van der Waals surface area contributed by atoms with Crippen molar-refractivity contribution in [2.45, 2.75) is 13.0 Å². The van der Waals surface area contributed by atoms with E-state index in [1.54, 1.807) is 43.3 Å². The molecular weight excluding hydrogens is 368 g/mol. The Morgan fingerprint density at radius 3 is 2.45 bits per heavy atom. The van der Waals surface area contributed by atoms with Crippen LogP contribution in [0.3, 0.4) is 0 Å². The van der Waals surface area contributed by atoms with Crippen molar-refractivity contribution < 1.29 is 9.59 Å². The van der Waals surface area contributed by atoms with Crippen molar-refractivity contribution in [2.75, 3.05) is 5.32 Å². The standard InChI is InChI=1S/C16H14BrClN2O2/c1-10(15(21)20-14-4-2-3-12(17)9-14)19-16(22)11-5-7-13(18)8-6-11/h2-10H,1H3,(H,19,22)(H,20,21). The number of halogens is 2. The minimum Gasteiger partial charge on any atom is -0.341 e. The highest BCUT2D eigenvalue weighted by atomic mass is 79.9. The first-order valence-corrected chi connectivity index (χ1v) is 7.75. The van der Waals surface area contributed by atoms with Crippen molar-refractivity contribution in [3.8, 4) is 0 Å². The maximum Gasteiger partial charge on any atom is 0.251 e. The number of nitrogens with one attached hydrogen (secondary N) is 2. The fraction of sp³-hybridized carbons (Fsp3) is 0.125. The maximum absolute atomic E-state index is 12.1. The van der Waals surface area contributed by atoms with E-state index in [4.69, 9.17) is 11.6 Å². The van der Waals surface area contributed by atoms with E-state index < -0.39 is 6.04 Å². The van der Waals surface area contributed by atoms with E-state index >= 15 is 0 Å². The first kappa shape index (κ1) is 16.5. The zero-order valence-electron chi connectivity index (χ0n) is 11.8. The van der Waals surface area contributed by atoms with E-state index in [0.29, 0.717) is 16.3 Å². The number of amides is 2. The SMILES string of the molecule is CC(NC(=O)c1ccc(Cl)cc1)C(=O)Nc1cccc(Br)c1. The van der Waals surface area contributed by atoms with E-state index in [9.17, 15) is 9.59 Å². The molecule has 1 atom stereocenters. The molecule has 0 bridgehead atoms. The van der Waals surface area contributed by atoms with Crippen LogP contribution in [0.15, 0.2) is 53.0 Å². The zero-order chi connectivity index (χ0) is 16.1. The molecule has 0 aromatic heterocycles. The van der Waals surface area contributed by atoms with Crippen molar-refractivity contribution in [1.29, 1.82) is 0 Å². The average molecular weight is 382 g/mol. The van der Waals surface area contributed by atoms with Gasteiger partial charge < -0.3 is 10.6 Å². The van der Waals surface area contributed by atoms with Crippen LogP contribution in [0.5, 0.6) is 0 Å². The molecule has 22 heavy (non-hydrogen) atoms. The fourth-order valence-electron chi connectivity index (χ4n) is 1.76. The molecule has 0 aliphatic heterocycles. The van der Waals surface area contributed by atoms with E-state index in [2.05, 4.69) is 26.6 Å². The van der Waals surface area contributed by atoms with Gasteiger partial charge in [0.2, 0.25) is 5.91 Å². The molecule has 4 nitrogen and oxygen atoms in total. The van der Waals surface area contributed by atoms with E-state index in [0.717, 1.165) is 4.47 Å². The molecule has 0 saturated heterocycles. The predicted octanol–water partition coefficient (Wildman–Crippen LogP) is 3.86. The molecule has 2 aromatic rings. The second kappa shape index (κ2) is 7.42. The van der Waals surface area contributed by atoms with Crippen molar-refractivity contribution in [1.82, 2.24) is 5.32 Å². The molecule has 0 spiro atoms. The van der Waals surface area contributed by atoms with E-state index in [-0.39, 0.29) is 11.8 Å². The Morgan fingerprint density at radius 2 is 1.82 bits per heavy atom. The highest BCUT2D eigenvalue weighted by Gasteiger charge is 2.16. The summed E-state index contributed by atoms with van der Waals surface area (Å²) in [5, 5.41) is 5.94. The Morgan fingerprint density at radius 1 is 1.14 bits per heavy atom. The number of hydrogen-bond acceptors (Lipinski definition) is 2. The summed E-state index contributed by atoms with van der Waals surface area (Å²) in [6.07, 6.45) is 0. The Bertz CT molecular complexity index is 689. The Balaban J connectivity index is 1.96. The van der Waals surface area contributed by atoms with Crippen LogP contribution in [0.2, 0.25) is 5.02 Å². The molecule has 0 aliphatic rings. The van der Waals surface area contributed by atoms with Gasteiger partial charge in [-0.25, -0.2) is 0 Å². The average Bonchev–Trinajstić information content (AvgIpc) is 2.47. The summed E-state index contributed by atoms with van der Waals surface area (Å²) >= 11 is 9.11. The lowest BCUT2D eigenvalue weighted by molar-refractivity contribution is -0.117. The maximum atomic E-state index is 12.1. The molecule has 2 amide bonds. The second-order valence-electron chi connectivity index (χ2n) is 4.70. The van der Waals surface area contributed by atoms with Gasteiger partial charge in [-0.15, -0.1) is 0 Å². The lowest BCUT2D eigenvalue weighted by atomic mass is 10.2. The summed E-state index contributed by atoms with van der Waals surface area (Å²) in [5.74, 6) is -0.617. The number of benzene rings is 2. The van der Waals surface area contributed by atoms with Crippen LogP contribution in [0, 0.1) is 0 Å². The molecule has 2 N–H and O–H groups in total. The fourth-order valence-corrected chi connectivity index (χ4v) is 2.29. The monoisotopic (exact) mass is 380 g/mol. The number of rotatable bonds is 4. The summed E-state index contributed by atoms with van der Waals surface area (Å²) in [4.78, 5) is 24.1. The molecule has 0 radical (unpaired) electrons. The molecule has 0 aliphatic carbocycles. The van der Waals surface area contributed by atoms with Crippen LogP contribution in [0.1, 0.15) is 17.3 Å². The molecule has 2 rings (SSSR count). The van der Waals surface area contributed by atoms with Gasteiger partial charge >= 0.3 is 0 Å². The first-order chi connectivity index (χ1) is 10.5. The van der Waals surface area contributed by atoms with Crippen LogP contribution in [0.4, 0.5) is 5.69 Å². The van der Waals surface area contributed by atoms with E-state index in [1.807, 2.05) is 12.1 Å². The third kappa shape index (κ3) is 4.58.